The summed E-state index contributed by atoms with van der Waals surface area (Å²) in [4.78, 5) is 10.8. The molecule has 0 bridgehead atoms. The van der Waals surface area contributed by atoms with Gasteiger partial charge in [-0.15, -0.1) is 0 Å². The fraction of sp³-hybridized carbons (Fsp3) is 0.222. The monoisotopic (exact) mass is 236 g/mol. The Balaban J connectivity index is 3.27. The average molecular weight is 237 g/mol. The van der Waals surface area contributed by atoms with Crippen LogP contribution in [0.25, 0.3) is 0 Å². The van der Waals surface area contributed by atoms with Gasteiger partial charge in [0.05, 0.1) is 5.02 Å². The molecule has 0 saturated heterocycles. The summed E-state index contributed by atoms with van der Waals surface area (Å²) in [5.74, 6) is -1.84. The molecule has 3 nitrogen and oxygen atoms in total. The maximum Gasteiger partial charge on any atom is 0.387 e. The number of hydrogen-bond donors (Lipinski definition) is 1. The highest BCUT2D eigenvalue weighted by atomic mass is 35.5. The van der Waals surface area contributed by atoms with Gasteiger partial charge in [-0.3, -0.25) is 0 Å². The van der Waals surface area contributed by atoms with Crippen LogP contribution in [-0.2, 0) is 0 Å². The fourth-order valence-corrected chi connectivity index (χ4v) is 1.29. The number of benzene rings is 1. The van der Waals surface area contributed by atoms with Gasteiger partial charge in [-0.2, -0.15) is 8.78 Å². The van der Waals surface area contributed by atoms with E-state index in [0.29, 0.717) is 5.56 Å². The Kier molecular flexibility index (Phi) is 3.47. The summed E-state index contributed by atoms with van der Waals surface area (Å²) in [6.07, 6.45) is 0. The molecule has 0 aliphatic carbocycles. The highest BCUT2D eigenvalue weighted by molar-refractivity contribution is 6.34. The molecule has 0 spiro atoms. The van der Waals surface area contributed by atoms with E-state index in [4.69, 9.17) is 16.7 Å². The lowest BCUT2D eigenvalue weighted by atomic mass is 10.1. The number of carboxylic acids is 1. The van der Waals surface area contributed by atoms with Crippen molar-refractivity contribution < 1.29 is 23.4 Å². The van der Waals surface area contributed by atoms with E-state index in [1.807, 2.05) is 0 Å². The number of rotatable bonds is 3. The zero-order valence-corrected chi connectivity index (χ0v) is 8.39. The van der Waals surface area contributed by atoms with Crippen LogP contribution in [0.2, 0.25) is 5.02 Å². The van der Waals surface area contributed by atoms with Gasteiger partial charge in [0, 0.05) is 0 Å². The molecule has 0 heterocycles. The van der Waals surface area contributed by atoms with E-state index in [1.165, 1.54) is 6.07 Å². The Bertz CT molecular complexity index is 393. The van der Waals surface area contributed by atoms with Crippen molar-refractivity contribution in [2.24, 2.45) is 0 Å². The standard InChI is InChI=1S/C9H7ClF2O3/c1-4-2-3-5(15-9(11)12)6(7(4)10)8(13)14/h2-3,9H,1H3,(H,13,14). The third kappa shape index (κ3) is 2.56. The van der Waals surface area contributed by atoms with E-state index < -0.39 is 23.9 Å². The molecule has 0 aliphatic rings. The van der Waals surface area contributed by atoms with Gasteiger partial charge in [0.15, 0.2) is 0 Å². The van der Waals surface area contributed by atoms with Gasteiger partial charge < -0.3 is 9.84 Å². The van der Waals surface area contributed by atoms with Crippen molar-refractivity contribution in [1.29, 1.82) is 0 Å². The molecule has 0 saturated carbocycles. The molecule has 1 N–H and O–H groups in total. The van der Waals surface area contributed by atoms with Crippen LogP contribution >= 0.6 is 11.6 Å². The second kappa shape index (κ2) is 4.44. The summed E-state index contributed by atoms with van der Waals surface area (Å²) in [5, 5.41) is 8.68. The van der Waals surface area contributed by atoms with Crippen LogP contribution in [0.5, 0.6) is 5.75 Å². The van der Waals surface area contributed by atoms with E-state index >= 15 is 0 Å². The fourth-order valence-electron chi connectivity index (χ4n) is 1.06. The molecule has 0 fully saturated rings. The number of hydrogen-bond acceptors (Lipinski definition) is 2. The first-order chi connectivity index (χ1) is 6.93. The molecule has 82 valence electrons. The lowest BCUT2D eigenvalue weighted by Gasteiger charge is -2.10. The van der Waals surface area contributed by atoms with Gasteiger partial charge in [-0.25, -0.2) is 4.79 Å². The molecular weight excluding hydrogens is 230 g/mol. The van der Waals surface area contributed by atoms with Crippen molar-refractivity contribution in [3.05, 3.63) is 28.3 Å². The number of aromatic carboxylic acids is 1. The molecular formula is C9H7ClF2O3. The predicted octanol–water partition coefficient (Wildman–Crippen LogP) is 2.95. The minimum Gasteiger partial charge on any atom is -0.478 e. The first kappa shape index (κ1) is 11.7. The lowest BCUT2D eigenvalue weighted by molar-refractivity contribution is -0.0503. The minimum atomic E-state index is -3.08. The Labute approximate surface area is 89.2 Å². The van der Waals surface area contributed by atoms with Gasteiger partial charge in [0.2, 0.25) is 0 Å². The van der Waals surface area contributed by atoms with Crippen LogP contribution in [0.15, 0.2) is 12.1 Å². The summed E-state index contributed by atoms with van der Waals surface area (Å²) < 4.78 is 27.9. The zero-order chi connectivity index (χ0) is 11.6. The maximum atomic E-state index is 11.9. The maximum absolute atomic E-state index is 11.9. The highest BCUT2D eigenvalue weighted by Crippen LogP contribution is 2.30. The van der Waals surface area contributed by atoms with E-state index in [2.05, 4.69) is 4.74 Å². The van der Waals surface area contributed by atoms with Gasteiger partial charge in [-0.1, -0.05) is 17.7 Å². The third-order valence-corrected chi connectivity index (χ3v) is 2.21. The molecule has 0 amide bonds. The molecule has 1 aromatic carbocycles. The number of carbonyl (C=O) groups is 1. The summed E-state index contributed by atoms with van der Waals surface area (Å²) in [6.45, 7) is -1.51. The molecule has 0 atom stereocenters. The zero-order valence-electron chi connectivity index (χ0n) is 7.63. The van der Waals surface area contributed by atoms with Crippen molar-refractivity contribution in [3.8, 4) is 5.75 Å². The summed E-state index contributed by atoms with van der Waals surface area (Å²) >= 11 is 5.67. The van der Waals surface area contributed by atoms with Crippen molar-refractivity contribution in [3.63, 3.8) is 0 Å². The highest BCUT2D eigenvalue weighted by Gasteiger charge is 2.19. The van der Waals surface area contributed by atoms with Gasteiger partial charge >= 0.3 is 12.6 Å². The van der Waals surface area contributed by atoms with Crippen molar-refractivity contribution in [2.45, 2.75) is 13.5 Å². The first-order valence-electron chi connectivity index (χ1n) is 3.90. The van der Waals surface area contributed by atoms with Crippen LogP contribution < -0.4 is 4.74 Å². The summed E-state index contributed by atoms with van der Waals surface area (Å²) in [5.41, 5.74) is 0.0349. The summed E-state index contributed by atoms with van der Waals surface area (Å²) in [7, 11) is 0. The molecule has 0 aliphatic heterocycles. The Morgan fingerprint density at radius 2 is 2.13 bits per heavy atom. The van der Waals surface area contributed by atoms with Crippen LogP contribution in [0.1, 0.15) is 15.9 Å². The Morgan fingerprint density at radius 1 is 1.53 bits per heavy atom. The normalized spacial score (nSPS) is 10.5. The predicted molar refractivity (Wildman–Crippen MR) is 49.8 cm³/mol. The van der Waals surface area contributed by atoms with Crippen LogP contribution in [0, 0.1) is 6.92 Å². The Hall–Kier alpha value is -1.36. The second-order valence-corrected chi connectivity index (χ2v) is 3.13. The van der Waals surface area contributed by atoms with Crippen molar-refractivity contribution >= 4 is 17.6 Å². The topological polar surface area (TPSA) is 46.5 Å². The second-order valence-electron chi connectivity index (χ2n) is 2.75. The SMILES string of the molecule is Cc1ccc(OC(F)F)c(C(=O)O)c1Cl. The van der Waals surface area contributed by atoms with Gasteiger partial charge in [0.1, 0.15) is 11.3 Å². The van der Waals surface area contributed by atoms with E-state index in [0.717, 1.165) is 6.07 Å². The number of carboxylic acid groups (broad SMARTS) is 1. The lowest BCUT2D eigenvalue weighted by Crippen LogP contribution is -2.08. The summed E-state index contributed by atoms with van der Waals surface area (Å²) in [6, 6.07) is 2.56. The number of alkyl halides is 2. The third-order valence-electron chi connectivity index (χ3n) is 1.73. The quantitative estimate of drug-likeness (QED) is 0.878. The minimum absolute atomic E-state index is 0.0966. The number of ether oxygens (including phenoxy) is 1. The van der Waals surface area contributed by atoms with E-state index in [-0.39, 0.29) is 5.02 Å². The smallest absolute Gasteiger partial charge is 0.387 e. The molecule has 1 aromatic rings. The largest absolute Gasteiger partial charge is 0.478 e. The number of aryl methyl sites for hydroxylation is 1. The van der Waals surface area contributed by atoms with Crippen molar-refractivity contribution in [1.82, 2.24) is 0 Å². The number of halogens is 3. The average Bonchev–Trinajstić information content (AvgIpc) is 2.10. The molecule has 6 heteroatoms. The van der Waals surface area contributed by atoms with Crippen LogP contribution in [0.3, 0.4) is 0 Å². The van der Waals surface area contributed by atoms with Crippen LogP contribution in [0.4, 0.5) is 8.78 Å². The molecule has 0 radical (unpaired) electrons. The van der Waals surface area contributed by atoms with Gasteiger partial charge in [0.25, 0.3) is 0 Å². The van der Waals surface area contributed by atoms with Gasteiger partial charge in [-0.05, 0) is 18.6 Å². The van der Waals surface area contributed by atoms with Crippen molar-refractivity contribution in [2.75, 3.05) is 0 Å². The van der Waals surface area contributed by atoms with E-state index in [1.54, 1.807) is 6.92 Å². The molecule has 0 aromatic heterocycles. The molecule has 1 rings (SSSR count). The van der Waals surface area contributed by atoms with E-state index in [9.17, 15) is 13.6 Å². The molecule has 15 heavy (non-hydrogen) atoms. The first-order valence-corrected chi connectivity index (χ1v) is 4.28. The van der Waals surface area contributed by atoms with Crippen LogP contribution in [-0.4, -0.2) is 17.7 Å². The Morgan fingerprint density at radius 3 is 2.60 bits per heavy atom. The molecule has 0 unspecified atom stereocenters.